The Balaban J connectivity index is 2.13. The molecule has 1 fully saturated rings. The molecule has 0 amide bonds. The van der Waals surface area contributed by atoms with Gasteiger partial charge in [0.25, 0.3) is 0 Å². The highest BCUT2D eigenvalue weighted by Crippen LogP contribution is 1.98. The minimum Gasteiger partial charge on any atom is -0.418 e. The van der Waals surface area contributed by atoms with Crippen LogP contribution < -0.4 is 0 Å². The van der Waals surface area contributed by atoms with Crippen LogP contribution >= 0.6 is 0 Å². The molecule has 0 saturated carbocycles. The summed E-state index contributed by atoms with van der Waals surface area (Å²) in [5, 5.41) is 0. The van der Waals surface area contributed by atoms with Crippen LogP contribution in [0.25, 0.3) is 0 Å². The van der Waals surface area contributed by atoms with Gasteiger partial charge in [-0.3, -0.25) is 0 Å². The molecule has 1 radical (unpaired) electrons. The molecule has 0 aromatic carbocycles. The summed E-state index contributed by atoms with van der Waals surface area (Å²) in [6.07, 6.45) is 1.03. The maximum absolute atomic E-state index is 5.15. The van der Waals surface area contributed by atoms with E-state index < -0.39 is 0 Å². The minimum atomic E-state index is -0.0382. The van der Waals surface area contributed by atoms with Gasteiger partial charge in [0.1, 0.15) is 0 Å². The normalized spacial score (nSPS) is 20.9. The first-order valence-corrected chi connectivity index (χ1v) is 2.96. The summed E-state index contributed by atoms with van der Waals surface area (Å²) in [5.41, 5.74) is 0. The summed E-state index contributed by atoms with van der Waals surface area (Å²) in [4.78, 5) is 0. The third kappa shape index (κ3) is 1.53. The van der Waals surface area contributed by atoms with Gasteiger partial charge in [-0.1, -0.05) is 6.82 Å². The van der Waals surface area contributed by atoms with Crippen molar-refractivity contribution in [1.82, 2.24) is 0 Å². The van der Waals surface area contributed by atoms with E-state index in [0.717, 1.165) is 19.6 Å². The fourth-order valence-electron chi connectivity index (χ4n) is 0.698. The van der Waals surface area contributed by atoms with E-state index in [4.69, 9.17) is 9.31 Å². The van der Waals surface area contributed by atoms with Gasteiger partial charge in [0.05, 0.1) is 0 Å². The Morgan fingerprint density at radius 1 is 1.38 bits per heavy atom. The van der Waals surface area contributed by atoms with Crippen molar-refractivity contribution in [3.05, 3.63) is 0 Å². The largest absolute Gasteiger partial charge is 0.418 e. The first-order valence-electron chi connectivity index (χ1n) is 2.96. The molecule has 0 aromatic heterocycles. The van der Waals surface area contributed by atoms with Crippen molar-refractivity contribution in [2.24, 2.45) is 0 Å². The van der Waals surface area contributed by atoms with E-state index in [0.29, 0.717) is 0 Å². The lowest BCUT2D eigenvalue weighted by Crippen LogP contribution is -2.34. The van der Waals surface area contributed by atoms with E-state index in [1.807, 2.05) is 14.0 Å². The van der Waals surface area contributed by atoms with Crippen molar-refractivity contribution in [3.63, 3.8) is 0 Å². The summed E-state index contributed by atoms with van der Waals surface area (Å²) >= 11 is 0. The van der Waals surface area contributed by atoms with E-state index in [2.05, 4.69) is 0 Å². The quantitative estimate of drug-likeness (QED) is 0.448. The standard InChI is InChI=1S/C4H9B2O2/c1-5-6-7-3-2-4-8-6/h2-4H2,1H3. The molecule has 1 aliphatic heterocycles. The molecule has 1 saturated heterocycles. The molecule has 0 bridgehead atoms. The Kier molecular flexibility index (Phi) is 2.43. The van der Waals surface area contributed by atoms with Gasteiger partial charge in [0.2, 0.25) is 0 Å². The van der Waals surface area contributed by atoms with E-state index in [-0.39, 0.29) is 7.01 Å². The van der Waals surface area contributed by atoms with Crippen LogP contribution in [-0.2, 0) is 9.31 Å². The van der Waals surface area contributed by atoms with Crippen molar-refractivity contribution in [2.45, 2.75) is 13.2 Å². The summed E-state index contributed by atoms with van der Waals surface area (Å²) < 4.78 is 10.3. The number of rotatable bonds is 1. The van der Waals surface area contributed by atoms with Gasteiger partial charge in [-0.05, 0) is 6.42 Å². The Hall–Kier alpha value is 0.0499. The van der Waals surface area contributed by atoms with Gasteiger partial charge in [0.15, 0.2) is 7.17 Å². The Morgan fingerprint density at radius 2 is 2.00 bits per heavy atom. The molecule has 0 unspecified atom stereocenters. The van der Waals surface area contributed by atoms with Crippen molar-refractivity contribution in [2.75, 3.05) is 13.2 Å². The lowest BCUT2D eigenvalue weighted by atomic mass is 9.45. The van der Waals surface area contributed by atoms with Crippen molar-refractivity contribution < 1.29 is 9.31 Å². The summed E-state index contributed by atoms with van der Waals surface area (Å²) in [5.74, 6) is 0. The van der Waals surface area contributed by atoms with E-state index in [1.165, 1.54) is 0 Å². The molecule has 0 spiro atoms. The van der Waals surface area contributed by atoms with Gasteiger partial charge in [-0.25, -0.2) is 0 Å². The van der Waals surface area contributed by atoms with E-state index in [9.17, 15) is 0 Å². The molecule has 1 aliphatic rings. The monoisotopic (exact) mass is 111 g/mol. The summed E-state index contributed by atoms with van der Waals surface area (Å²) in [7, 11) is 1.88. The highest BCUT2D eigenvalue weighted by Gasteiger charge is 2.17. The highest BCUT2D eigenvalue weighted by molar-refractivity contribution is 7.05. The van der Waals surface area contributed by atoms with Crippen molar-refractivity contribution in [1.29, 1.82) is 0 Å². The van der Waals surface area contributed by atoms with Gasteiger partial charge >= 0.3 is 7.01 Å². The van der Waals surface area contributed by atoms with Crippen LogP contribution in [0, 0.1) is 0 Å². The maximum atomic E-state index is 5.15. The average Bonchev–Trinajstić information content (AvgIpc) is 1.90. The first kappa shape index (κ1) is 6.17. The average molecular weight is 111 g/mol. The van der Waals surface area contributed by atoms with Crippen LogP contribution in [0.1, 0.15) is 6.42 Å². The molecule has 0 N–H and O–H groups in total. The van der Waals surface area contributed by atoms with Crippen LogP contribution in [0.4, 0.5) is 0 Å². The zero-order chi connectivity index (χ0) is 5.82. The fraction of sp³-hybridized carbons (Fsp3) is 1.00. The molecule has 4 heteroatoms. The second kappa shape index (κ2) is 3.15. The van der Waals surface area contributed by atoms with Crippen LogP contribution in [-0.4, -0.2) is 27.4 Å². The molecule has 0 aromatic rings. The van der Waals surface area contributed by atoms with E-state index in [1.54, 1.807) is 0 Å². The molecular formula is C4H9B2O2. The van der Waals surface area contributed by atoms with Crippen LogP contribution in [0.15, 0.2) is 0 Å². The lowest BCUT2D eigenvalue weighted by molar-refractivity contribution is 0.148. The van der Waals surface area contributed by atoms with Gasteiger partial charge in [-0.15, -0.1) is 0 Å². The highest BCUT2D eigenvalue weighted by atomic mass is 16.6. The van der Waals surface area contributed by atoms with Crippen LogP contribution in [0.2, 0.25) is 6.82 Å². The zero-order valence-electron chi connectivity index (χ0n) is 5.09. The third-order valence-electron chi connectivity index (χ3n) is 1.13. The Morgan fingerprint density at radius 3 is 2.38 bits per heavy atom. The molecule has 43 valence electrons. The van der Waals surface area contributed by atoms with Gasteiger partial charge in [-0.2, -0.15) is 0 Å². The third-order valence-corrected chi connectivity index (χ3v) is 1.13. The van der Waals surface area contributed by atoms with Crippen molar-refractivity contribution in [3.8, 4) is 0 Å². The summed E-state index contributed by atoms with van der Waals surface area (Å²) in [6, 6.07) is 0. The van der Waals surface area contributed by atoms with Crippen molar-refractivity contribution >= 4 is 14.2 Å². The molecule has 1 rings (SSSR count). The van der Waals surface area contributed by atoms with E-state index >= 15 is 0 Å². The maximum Gasteiger partial charge on any atom is 0.397 e. The number of hydrogen-bond acceptors (Lipinski definition) is 2. The molecule has 1 heterocycles. The number of hydrogen-bond donors (Lipinski definition) is 0. The molecule has 8 heavy (non-hydrogen) atoms. The second-order valence-electron chi connectivity index (χ2n) is 1.80. The molecular weight excluding hydrogens is 102 g/mol. The Labute approximate surface area is 50.9 Å². The molecule has 0 atom stereocenters. The second-order valence-corrected chi connectivity index (χ2v) is 1.80. The predicted molar refractivity (Wildman–Crippen MR) is 33.9 cm³/mol. The zero-order valence-corrected chi connectivity index (χ0v) is 5.09. The molecule has 0 aliphatic carbocycles. The Bertz CT molecular complexity index is 63.1. The smallest absolute Gasteiger partial charge is 0.397 e. The van der Waals surface area contributed by atoms with Gasteiger partial charge < -0.3 is 9.31 Å². The van der Waals surface area contributed by atoms with Crippen LogP contribution in [0.3, 0.4) is 0 Å². The molecule has 2 nitrogen and oxygen atoms in total. The lowest BCUT2D eigenvalue weighted by Gasteiger charge is -2.18. The van der Waals surface area contributed by atoms with Gasteiger partial charge in [0, 0.05) is 13.2 Å². The minimum absolute atomic E-state index is 0.0382. The SMILES string of the molecule is C[B]B1OCCCO1. The van der Waals surface area contributed by atoms with Crippen LogP contribution in [0.5, 0.6) is 0 Å². The fourth-order valence-corrected chi connectivity index (χ4v) is 0.698. The topological polar surface area (TPSA) is 18.5 Å². The first-order chi connectivity index (χ1) is 3.93. The predicted octanol–water partition coefficient (Wildman–Crippen LogP) is 0.160. The summed E-state index contributed by atoms with van der Waals surface area (Å²) in [6.45, 7) is 3.62.